The summed E-state index contributed by atoms with van der Waals surface area (Å²) in [6, 6.07) is -0.0974. The van der Waals surface area contributed by atoms with Gasteiger partial charge in [-0.1, -0.05) is 0 Å². The average Bonchev–Trinajstić information content (AvgIpc) is 2.40. The molecule has 0 unspecified atom stereocenters. The Balaban J connectivity index is 2.21. The summed E-state index contributed by atoms with van der Waals surface area (Å²) in [4.78, 5) is 11.0. The molecule has 1 aliphatic carbocycles. The summed E-state index contributed by atoms with van der Waals surface area (Å²) in [6.07, 6.45) is -0.194. The van der Waals surface area contributed by atoms with Gasteiger partial charge in [-0.05, 0) is 27.2 Å². The lowest BCUT2D eigenvalue weighted by molar-refractivity contribution is 0.0514. The quantitative estimate of drug-likeness (QED) is 0.612. The Bertz CT molecular complexity index is 185. The van der Waals surface area contributed by atoms with Crippen molar-refractivity contribution in [2.24, 2.45) is 0 Å². The second-order valence-electron chi connectivity index (χ2n) is 4.06. The third-order valence-corrected chi connectivity index (χ3v) is 1.46. The summed E-state index contributed by atoms with van der Waals surface area (Å²) in [5.41, 5.74) is -0.468. The summed E-state index contributed by atoms with van der Waals surface area (Å²) >= 11 is 0. The highest BCUT2D eigenvalue weighted by atomic mass is 16.6. The smallest absolute Gasteiger partial charge is 0.407 e. The van der Waals surface area contributed by atoms with Gasteiger partial charge in [0, 0.05) is 0 Å². The van der Waals surface area contributed by atoms with Crippen molar-refractivity contribution in [2.45, 2.75) is 44.9 Å². The van der Waals surface area contributed by atoms with E-state index in [4.69, 9.17) is 9.84 Å². The minimum Gasteiger partial charge on any atom is -0.444 e. The van der Waals surface area contributed by atoms with E-state index in [1.807, 2.05) is 0 Å². The number of hydrogen-bond acceptors (Lipinski definition) is 3. The monoisotopic (exact) mass is 173 g/mol. The second-order valence-corrected chi connectivity index (χ2v) is 4.06. The summed E-state index contributed by atoms with van der Waals surface area (Å²) in [6.45, 7) is 5.40. The summed E-state index contributed by atoms with van der Waals surface area (Å²) in [5.74, 6) is 0. The molecule has 0 aromatic carbocycles. The van der Waals surface area contributed by atoms with Crippen molar-refractivity contribution in [3.8, 4) is 0 Å². The summed E-state index contributed by atoms with van der Waals surface area (Å²) in [7, 11) is 0. The van der Waals surface area contributed by atoms with Gasteiger partial charge in [-0.3, -0.25) is 0 Å². The van der Waals surface area contributed by atoms with Crippen molar-refractivity contribution in [1.82, 2.24) is 5.32 Å². The molecule has 4 nitrogen and oxygen atoms in total. The molecule has 0 bridgehead atoms. The molecule has 0 aliphatic heterocycles. The van der Waals surface area contributed by atoms with Crippen molar-refractivity contribution < 1.29 is 14.6 Å². The third-order valence-electron chi connectivity index (χ3n) is 1.46. The minimum absolute atomic E-state index is 0.0974. The van der Waals surface area contributed by atoms with Crippen molar-refractivity contribution in [3.63, 3.8) is 0 Å². The molecule has 0 saturated heterocycles. The zero-order valence-corrected chi connectivity index (χ0v) is 7.63. The van der Waals surface area contributed by atoms with E-state index in [2.05, 4.69) is 5.32 Å². The van der Waals surface area contributed by atoms with Crippen molar-refractivity contribution >= 4 is 6.09 Å². The maximum absolute atomic E-state index is 11.0. The fourth-order valence-corrected chi connectivity index (χ4v) is 0.796. The molecule has 0 aromatic rings. The Labute approximate surface area is 71.9 Å². The highest BCUT2D eigenvalue weighted by Crippen LogP contribution is 2.20. The van der Waals surface area contributed by atoms with Crippen LogP contribution in [0.1, 0.15) is 27.2 Å². The lowest BCUT2D eigenvalue weighted by Gasteiger charge is -2.19. The van der Waals surface area contributed by atoms with Crippen LogP contribution in [0.15, 0.2) is 0 Å². The van der Waals surface area contributed by atoms with Gasteiger partial charge in [0.1, 0.15) is 5.60 Å². The minimum atomic E-state index is -0.468. The first-order valence-corrected chi connectivity index (χ1v) is 4.06. The number of rotatable bonds is 1. The maximum Gasteiger partial charge on any atom is 0.407 e. The van der Waals surface area contributed by atoms with E-state index in [-0.39, 0.29) is 12.1 Å². The van der Waals surface area contributed by atoms with Crippen LogP contribution in [0.4, 0.5) is 4.79 Å². The third kappa shape index (κ3) is 3.09. The van der Waals surface area contributed by atoms with Crippen LogP contribution in [0.2, 0.25) is 0 Å². The molecular weight excluding hydrogens is 158 g/mol. The Kier molecular flexibility index (Phi) is 2.28. The van der Waals surface area contributed by atoms with Gasteiger partial charge >= 0.3 is 6.09 Å². The standard InChI is InChI=1S/C8H15NO3/c1-8(2,3)12-7(11)9-5-4-6(5)10/h5-6,10H,4H2,1-3H3,(H,9,11)/t5-,6+/m1/s1. The lowest BCUT2D eigenvalue weighted by Crippen LogP contribution is -2.34. The van der Waals surface area contributed by atoms with Crippen LogP contribution in [-0.4, -0.2) is 28.9 Å². The van der Waals surface area contributed by atoms with Gasteiger partial charge in [-0.25, -0.2) is 4.79 Å². The zero-order valence-electron chi connectivity index (χ0n) is 7.63. The number of aliphatic hydroxyl groups is 1. The molecule has 70 valence electrons. The number of hydrogen-bond donors (Lipinski definition) is 2. The van der Waals surface area contributed by atoms with Gasteiger partial charge in [-0.2, -0.15) is 0 Å². The van der Waals surface area contributed by atoms with Crippen LogP contribution < -0.4 is 5.32 Å². The largest absolute Gasteiger partial charge is 0.444 e. The molecule has 0 aromatic heterocycles. The molecule has 1 fully saturated rings. The summed E-state index contributed by atoms with van der Waals surface area (Å²) in [5, 5.41) is 11.5. The predicted octanol–water partition coefficient (Wildman–Crippen LogP) is 0.644. The van der Waals surface area contributed by atoms with E-state index < -0.39 is 11.7 Å². The first kappa shape index (κ1) is 9.32. The maximum atomic E-state index is 11.0. The fourth-order valence-electron chi connectivity index (χ4n) is 0.796. The first-order chi connectivity index (χ1) is 5.38. The van der Waals surface area contributed by atoms with Crippen LogP contribution in [0.3, 0.4) is 0 Å². The SMILES string of the molecule is CC(C)(C)OC(=O)N[C@@H]1C[C@@H]1O. The van der Waals surface area contributed by atoms with Crippen molar-refractivity contribution in [3.05, 3.63) is 0 Å². The molecule has 4 heteroatoms. The first-order valence-electron chi connectivity index (χ1n) is 4.06. The number of alkyl carbamates (subject to hydrolysis) is 1. The van der Waals surface area contributed by atoms with Crippen LogP contribution in [0.5, 0.6) is 0 Å². The van der Waals surface area contributed by atoms with Gasteiger partial charge in [0.25, 0.3) is 0 Å². The topological polar surface area (TPSA) is 58.6 Å². The molecule has 1 rings (SSSR count). The molecule has 0 heterocycles. The number of carbonyl (C=O) groups excluding carboxylic acids is 1. The molecule has 1 saturated carbocycles. The molecule has 12 heavy (non-hydrogen) atoms. The number of aliphatic hydroxyl groups excluding tert-OH is 1. The van der Waals surface area contributed by atoms with Crippen LogP contribution >= 0.6 is 0 Å². The van der Waals surface area contributed by atoms with Crippen LogP contribution in [0, 0.1) is 0 Å². The van der Waals surface area contributed by atoms with Gasteiger partial charge < -0.3 is 15.2 Å². The van der Waals surface area contributed by atoms with Crippen molar-refractivity contribution in [1.29, 1.82) is 0 Å². The number of amides is 1. The Morgan fingerprint density at radius 2 is 2.08 bits per heavy atom. The molecule has 1 amide bonds. The van der Waals surface area contributed by atoms with E-state index in [0.29, 0.717) is 6.42 Å². The zero-order chi connectivity index (χ0) is 9.35. The van der Waals surface area contributed by atoms with Gasteiger partial charge in [-0.15, -0.1) is 0 Å². The Hall–Kier alpha value is -0.770. The van der Waals surface area contributed by atoms with Crippen LogP contribution in [0.25, 0.3) is 0 Å². The van der Waals surface area contributed by atoms with E-state index in [1.165, 1.54) is 0 Å². The average molecular weight is 173 g/mol. The molecule has 2 atom stereocenters. The van der Waals surface area contributed by atoms with Crippen LogP contribution in [-0.2, 0) is 4.74 Å². The summed E-state index contributed by atoms with van der Waals surface area (Å²) < 4.78 is 4.98. The molecule has 2 N–H and O–H groups in total. The van der Waals surface area contributed by atoms with Gasteiger partial charge in [0.15, 0.2) is 0 Å². The number of ether oxygens (including phenoxy) is 1. The Morgan fingerprint density at radius 3 is 2.42 bits per heavy atom. The second kappa shape index (κ2) is 2.94. The molecule has 0 spiro atoms. The number of nitrogens with one attached hydrogen (secondary N) is 1. The molecule has 0 radical (unpaired) electrons. The highest BCUT2D eigenvalue weighted by Gasteiger charge is 2.37. The van der Waals surface area contributed by atoms with Gasteiger partial charge in [0.2, 0.25) is 0 Å². The van der Waals surface area contributed by atoms with E-state index >= 15 is 0 Å². The molecule has 1 aliphatic rings. The van der Waals surface area contributed by atoms with E-state index in [1.54, 1.807) is 20.8 Å². The normalized spacial score (nSPS) is 28.0. The van der Waals surface area contributed by atoms with Gasteiger partial charge in [0.05, 0.1) is 12.1 Å². The van der Waals surface area contributed by atoms with Crippen molar-refractivity contribution in [2.75, 3.05) is 0 Å². The lowest BCUT2D eigenvalue weighted by atomic mass is 10.2. The Morgan fingerprint density at radius 1 is 1.58 bits per heavy atom. The number of carbonyl (C=O) groups is 1. The predicted molar refractivity (Wildman–Crippen MR) is 43.8 cm³/mol. The highest BCUT2D eigenvalue weighted by molar-refractivity contribution is 5.68. The van der Waals surface area contributed by atoms with E-state index in [0.717, 1.165) is 0 Å². The fraction of sp³-hybridized carbons (Fsp3) is 0.875. The molecular formula is C8H15NO3. The van der Waals surface area contributed by atoms with E-state index in [9.17, 15) is 4.79 Å².